The van der Waals surface area contributed by atoms with Crippen molar-refractivity contribution in [3.8, 4) is 5.75 Å². The van der Waals surface area contributed by atoms with Crippen molar-refractivity contribution in [1.29, 1.82) is 0 Å². The van der Waals surface area contributed by atoms with Crippen LogP contribution in [0.15, 0.2) is 51.8 Å². The van der Waals surface area contributed by atoms with E-state index in [2.05, 4.69) is 31.3 Å². The third-order valence-corrected chi connectivity index (χ3v) is 17.3. The summed E-state index contributed by atoms with van der Waals surface area (Å²) in [6.45, 7) is -5.73. The van der Waals surface area contributed by atoms with Gasteiger partial charge in [0.2, 0.25) is 29.9 Å². The van der Waals surface area contributed by atoms with Crippen molar-refractivity contribution in [2.75, 3.05) is 52.7 Å². The van der Waals surface area contributed by atoms with E-state index in [1.807, 2.05) is 0 Å². The quantitative estimate of drug-likeness (QED) is 0.0369. The lowest BCUT2D eigenvalue weighted by atomic mass is 9.77. The third kappa shape index (κ3) is 15.1. The van der Waals surface area contributed by atoms with Gasteiger partial charge in [-0.25, -0.2) is 0 Å². The summed E-state index contributed by atoms with van der Waals surface area (Å²) in [7, 11) is 0. The number of carbonyl (C=O) groups excluding carboxylic acids is 6. The van der Waals surface area contributed by atoms with Gasteiger partial charge in [-0.3, -0.25) is 38.9 Å². The summed E-state index contributed by atoms with van der Waals surface area (Å²) in [6, 6.07) is -4.47. The zero-order valence-electron chi connectivity index (χ0n) is 48.0. The lowest BCUT2D eigenvalue weighted by Gasteiger charge is -2.51. The first-order valence-electron chi connectivity index (χ1n) is 28.2. The summed E-state index contributed by atoms with van der Waals surface area (Å²) in [5.74, 6) is -8.30. The predicted octanol–water partition coefficient (Wildman–Crippen LogP) is -13.4. The monoisotopic (exact) mass is 1300 g/mol. The minimum absolute atomic E-state index is 0.0103. The molecule has 0 saturated carbocycles. The molecule has 6 heterocycles. The van der Waals surface area contributed by atoms with E-state index in [1.54, 1.807) is 24.4 Å². The van der Waals surface area contributed by atoms with Crippen LogP contribution in [-0.2, 0) is 54.1 Å². The molecule has 7 rings (SSSR count). The molecule has 38 heteroatoms. The Kier molecular flexibility index (Phi) is 24.4. The highest BCUT2D eigenvalue weighted by molar-refractivity contribution is 7.10. The number of hydrogen-bond acceptors (Lipinski definition) is 34. The molecule has 3 fully saturated rings. The molecule has 0 bridgehead atoms. The first kappa shape index (κ1) is 71.1. The minimum Gasteiger partial charge on any atom is -0.462 e. The zero-order valence-corrected chi connectivity index (χ0v) is 48.8. The van der Waals surface area contributed by atoms with Crippen molar-refractivity contribution < 1.29 is 124 Å². The molecule has 5 aliphatic heterocycles. The predicted molar refractivity (Wildman–Crippen MR) is 303 cm³/mol. The number of benzene rings is 1. The van der Waals surface area contributed by atoms with Crippen LogP contribution in [0.25, 0.3) is 0 Å². The topological polar surface area (TPSA) is 615 Å². The van der Waals surface area contributed by atoms with Crippen LogP contribution in [0.1, 0.15) is 23.3 Å². The van der Waals surface area contributed by atoms with Crippen LogP contribution in [0.2, 0.25) is 0 Å². The van der Waals surface area contributed by atoms with Crippen LogP contribution >= 0.6 is 11.3 Å². The van der Waals surface area contributed by atoms with Crippen molar-refractivity contribution in [3.63, 3.8) is 0 Å². The van der Waals surface area contributed by atoms with Gasteiger partial charge < -0.3 is 149 Å². The lowest BCUT2D eigenvalue weighted by molar-refractivity contribution is -0.352. The number of amides is 5. The van der Waals surface area contributed by atoms with E-state index in [4.69, 9.17) is 46.6 Å². The SMILES string of the molecule is CC(c1cccs1)C(N)C(=O)N(CC=O)C(=O)[C@H](CO)NC(=O)[C@@H](NC(=O)[C@H](CO)NC(=O)[C@@H](N)Cc1ccc(OC2OC(CO)C(OC3OC(CO)C(O)C(O)C3O)C(O)C2O)cc1)C(O)(C1CN=C(N)N1)C1CN=C(N)N1C1OC(CO)C(O)C(O)C1O. The highest BCUT2D eigenvalue weighted by Gasteiger charge is 2.62. The van der Waals surface area contributed by atoms with Gasteiger partial charge in [0.1, 0.15) is 109 Å². The molecule has 26 N–H and O–H groups in total. The molecule has 502 valence electrons. The Hall–Kier alpha value is -6.32. The Bertz CT molecular complexity index is 2830. The Morgan fingerprint density at radius 2 is 1.34 bits per heavy atom. The molecule has 1 aromatic heterocycles. The summed E-state index contributed by atoms with van der Waals surface area (Å²) in [6.07, 6.45) is -26.9. The smallest absolute Gasteiger partial charge is 0.254 e. The van der Waals surface area contributed by atoms with E-state index in [-0.39, 0.29) is 24.4 Å². The summed E-state index contributed by atoms with van der Waals surface area (Å²) in [4.78, 5) is 93.8. The van der Waals surface area contributed by atoms with E-state index >= 15 is 4.79 Å². The lowest BCUT2D eigenvalue weighted by Crippen LogP contribution is -2.78. The van der Waals surface area contributed by atoms with Gasteiger partial charge in [0.15, 0.2) is 24.4 Å². The molecule has 1 aromatic carbocycles. The Morgan fingerprint density at radius 1 is 0.744 bits per heavy atom. The van der Waals surface area contributed by atoms with Gasteiger partial charge in [-0.05, 0) is 35.6 Å². The standard InChI is InChI=1S/C52H78N12O25S/c1-19(28-3-2-10-90-28)31(54)46(83)63(8-9-65)45(82)24(15-67)60-44(81)41(52(84,29-12-57-50(55)61-29)30-13-58-51(56)64(30)47-37(76)34(73)32(71)25(16-68)86-47)62-43(80)23(14-66)59-42(79)22(53)11-20-4-6-21(7-5-20)85-48-39(78)36(75)40(27(18-70)88-48)89-49-38(77)35(74)33(72)26(17-69)87-49/h2-7,9-10,19,22-27,29-41,47-49,66-78,84H,8,11-18,53-54H2,1H3,(H2,56,58)(H,59,79)(H,60,81)(H,62,80)(H3,55,57,61)/t19?,22-,23-,24-,25?,26?,27?,29?,30?,31?,32?,33?,34?,35?,36?,37?,38?,39?,40?,41+,47?,48?,49?,52?/m0/s1. The molecule has 37 nitrogen and oxygen atoms in total. The number of thiophene rings is 1. The molecular formula is C52H78N12O25S. The third-order valence-electron chi connectivity index (χ3n) is 16.2. The number of nitrogens with one attached hydrogen (secondary N) is 4. The van der Waals surface area contributed by atoms with Crippen molar-refractivity contribution in [2.24, 2.45) is 32.9 Å². The second-order valence-corrected chi connectivity index (χ2v) is 22.9. The fourth-order valence-electron chi connectivity index (χ4n) is 10.9. The summed E-state index contributed by atoms with van der Waals surface area (Å²) < 4.78 is 28.1. The number of nitrogens with two attached hydrogens (primary N) is 4. The Labute approximate surface area is 515 Å². The van der Waals surface area contributed by atoms with Gasteiger partial charge in [-0.1, -0.05) is 25.1 Å². The molecule has 20 unspecified atom stereocenters. The number of aliphatic imine (C=N–C) groups is 2. The van der Waals surface area contributed by atoms with Crippen LogP contribution < -0.4 is 48.9 Å². The first-order valence-corrected chi connectivity index (χ1v) is 29.1. The van der Waals surface area contributed by atoms with Gasteiger partial charge in [-0.2, -0.15) is 0 Å². The average Bonchev–Trinajstić information content (AvgIpc) is 1.48. The first-order chi connectivity index (χ1) is 42.7. The summed E-state index contributed by atoms with van der Waals surface area (Å²) >= 11 is 1.24. The van der Waals surface area contributed by atoms with Gasteiger partial charge in [0.25, 0.3) is 5.91 Å². The van der Waals surface area contributed by atoms with Gasteiger partial charge in [0.05, 0.1) is 76.8 Å². The highest BCUT2D eigenvalue weighted by atomic mass is 32.1. The van der Waals surface area contributed by atoms with Crippen LogP contribution in [0, 0.1) is 0 Å². The number of aliphatic hydroxyl groups excluding tert-OH is 13. The second kappa shape index (κ2) is 30.9. The van der Waals surface area contributed by atoms with Gasteiger partial charge in [-0.15, -0.1) is 11.3 Å². The largest absolute Gasteiger partial charge is 0.462 e. The van der Waals surface area contributed by atoms with Crippen LogP contribution in [0.3, 0.4) is 0 Å². The zero-order chi connectivity index (χ0) is 66.2. The fraction of sp³-hybridized carbons (Fsp3) is 0.654. The molecule has 2 aromatic rings. The number of aldehydes is 1. The van der Waals surface area contributed by atoms with E-state index in [1.165, 1.54) is 35.6 Å². The number of nitrogens with zero attached hydrogens (tertiary/aromatic N) is 4. The average molecular weight is 1300 g/mol. The number of imide groups is 1. The molecule has 5 aliphatic rings. The van der Waals surface area contributed by atoms with Gasteiger partial charge in [0, 0.05) is 10.8 Å². The Morgan fingerprint density at radius 3 is 1.92 bits per heavy atom. The second-order valence-electron chi connectivity index (χ2n) is 21.9. The maximum Gasteiger partial charge on any atom is 0.254 e. The Balaban J connectivity index is 1.11. The molecule has 90 heavy (non-hydrogen) atoms. The fourth-order valence-corrected chi connectivity index (χ4v) is 11.7. The number of aliphatic hydroxyl groups is 14. The van der Waals surface area contributed by atoms with E-state index in [0.29, 0.717) is 15.3 Å². The number of guanidine groups is 2. The molecule has 3 saturated heterocycles. The maximum atomic E-state index is 15.2. The summed E-state index contributed by atoms with van der Waals surface area (Å²) in [5, 5.41) is 161. The minimum atomic E-state index is -3.01. The van der Waals surface area contributed by atoms with Crippen LogP contribution in [-0.4, -0.2) is 322 Å². The van der Waals surface area contributed by atoms with Crippen LogP contribution in [0.5, 0.6) is 5.75 Å². The number of carbonyl (C=O) groups is 6. The van der Waals surface area contributed by atoms with Crippen LogP contribution in [0.4, 0.5) is 0 Å². The highest BCUT2D eigenvalue weighted by Crippen LogP contribution is 2.36. The summed E-state index contributed by atoms with van der Waals surface area (Å²) in [5.41, 5.74) is 22.3. The molecule has 5 amide bonds. The van der Waals surface area contributed by atoms with E-state index in [0.717, 1.165) is 4.90 Å². The van der Waals surface area contributed by atoms with Crippen molar-refractivity contribution in [1.82, 2.24) is 31.1 Å². The van der Waals surface area contributed by atoms with Crippen molar-refractivity contribution in [3.05, 3.63) is 52.2 Å². The molecular weight excluding hydrogens is 1220 g/mol. The molecule has 0 radical (unpaired) electrons. The van der Waals surface area contributed by atoms with Crippen molar-refractivity contribution in [2.45, 2.75) is 159 Å². The normalized spacial score (nSPS) is 32.9. The number of rotatable bonds is 27. The van der Waals surface area contributed by atoms with E-state index < -0.39 is 234 Å². The maximum absolute atomic E-state index is 15.2. The molecule has 24 atom stereocenters. The molecule has 0 spiro atoms. The molecule has 0 aliphatic carbocycles. The van der Waals surface area contributed by atoms with Gasteiger partial charge >= 0.3 is 0 Å². The van der Waals surface area contributed by atoms with Crippen molar-refractivity contribution >= 4 is 59.1 Å². The van der Waals surface area contributed by atoms with E-state index in [9.17, 15) is 95.5 Å². The number of ether oxygens (including phenoxy) is 5. The number of hydrogen-bond donors (Lipinski definition) is 22.